The van der Waals surface area contributed by atoms with Crippen LogP contribution in [0.25, 0.3) is 6.08 Å². The standard InChI is InChI=1S/C23H20ClNO4S/c1-23(2,3)16-6-8-17(9-7-16)29-20-11-5-15(14-18(20)25(27)28)4-10-19(26)21-12-13-22(24)30-21/h4-14H,1-3H3/b10-4-. The quantitative estimate of drug-likeness (QED) is 0.174. The van der Waals surface area contributed by atoms with E-state index in [0.717, 1.165) is 5.56 Å². The molecule has 1 heterocycles. The number of thiophene rings is 1. The summed E-state index contributed by atoms with van der Waals surface area (Å²) in [4.78, 5) is 23.7. The first-order chi connectivity index (χ1) is 14.1. The maximum Gasteiger partial charge on any atom is 0.312 e. The van der Waals surface area contributed by atoms with Crippen LogP contribution >= 0.6 is 22.9 Å². The molecule has 0 unspecified atom stereocenters. The van der Waals surface area contributed by atoms with Crippen molar-refractivity contribution in [3.8, 4) is 11.5 Å². The molecule has 30 heavy (non-hydrogen) atoms. The number of nitro benzene ring substituents is 1. The van der Waals surface area contributed by atoms with Gasteiger partial charge in [-0.25, -0.2) is 0 Å². The van der Waals surface area contributed by atoms with Crippen LogP contribution in [0.4, 0.5) is 5.69 Å². The van der Waals surface area contributed by atoms with Gasteiger partial charge in [-0.3, -0.25) is 14.9 Å². The molecular weight excluding hydrogens is 422 g/mol. The molecule has 0 saturated heterocycles. The second-order valence-corrected chi connectivity index (χ2v) is 9.38. The Morgan fingerprint density at radius 3 is 2.37 bits per heavy atom. The van der Waals surface area contributed by atoms with E-state index in [-0.39, 0.29) is 22.6 Å². The molecule has 2 aromatic carbocycles. The monoisotopic (exact) mass is 441 g/mol. The number of allylic oxidation sites excluding steroid dienone is 1. The van der Waals surface area contributed by atoms with Gasteiger partial charge in [0.15, 0.2) is 5.78 Å². The number of hydrogen-bond donors (Lipinski definition) is 0. The van der Waals surface area contributed by atoms with Crippen LogP contribution in [0.15, 0.2) is 60.7 Å². The van der Waals surface area contributed by atoms with Crippen molar-refractivity contribution in [3.63, 3.8) is 0 Å². The Bertz CT molecular complexity index is 1110. The van der Waals surface area contributed by atoms with Gasteiger partial charge in [-0.2, -0.15) is 0 Å². The molecule has 5 nitrogen and oxygen atoms in total. The number of benzene rings is 2. The highest BCUT2D eigenvalue weighted by atomic mass is 35.5. The van der Waals surface area contributed by atoms with Gasteiger partial charge in [0.05, 0.1) is 14.1 Å². The Morgan fingerprint density at radius 2 is 1.80 bits per heavy atom. The lowest BCUT2D eigenvalue weighted by atomic mass is 9.87. The zero-order valence-electron chi connectivity index (χ0n) is 16.7. The first-order valence-electron chi connectivity index (χ1n) is 9.18. The first-order valence-corrected chi connectivity index (χ1v) is 10.4. The van der Waals surface area contributed by atoms with Crippen LogP contribution in [0, 0.1) is 10.1 Å². The number of ketones is 1. The third kappa shape index (κ3) is 5.34. The van der Waals surface area contributed by atoms with Gasteiger partial charge in [0.1, 0.15) is 5.75 Å². The van der Waals surface area contributed by atoms with Crippen LogP contribution in [0.2, 0.25) is 4.34 Å². The molecule has 0 aliphatic rings. The molecule has 3 rings (SSSR count). The average molecular weight is 442 g/mol. The van der Waals surface area contributed by atoms with E-state index in [4.69, 9.17) is 16.3 Å². The second kappa shape index (κ2) is 8.81. The number of rotatable bonds is 6. The SMILES string of the molecule is CC(C)(C)c1ccc(Oc2ccc(/C=C\C(=O)c3ccc(Cl)s3)cc2[N+](=O)[O-])cc1. The molecule has 154 valence electrons. The highest BCUT2D eigenvalue weighted by molar-refractivity contribution is 7.18. The number of carbonyl (C=O) groups excluding carboxylic acids is 1. The largest absolute Gasteiger partial charge is 0.450 e. The maximum atomic E-state index is 12.2. The zero-order chi connectivity index (χ0) is 21.9. The van der Waals surface area contributed by atoms with E-state index in [0.29, 0.717) is 20.5 Å². The second-order valence-electron chi connectivity index (χ2n) is 7.66. The van der Waals surface area contributed by atoms with E-state index in [1.807, 2.05) is 12.1 Å². The highest BCUT2D eigenvalue weighted by Gasteiger charge is 2.18. The molecule has 0 amide bonds. The Kier molecular flexibility index (Phi) is 6.39. The summed E-state index contributed by atoms with van der Waals surface area (Å²) in [6.07, 6.45) is 2.90. The van der Waals surface area contributed by atoms with Crippen LogP contribution in [-0.2, 0) is 5.41 Å². The van der Waals surface area contributed by atoms with Gasteiger partial charge in [0, 0.05) is 6.07 Å². The van der Waals surface area contributed by atoms with E-state index in [9.17, 15) is 14.9 Å². The Hall–Kier alpha value is -2.96. The van der Waals surface area contributed by atoms with E-state index in [1.165, 1.54) is 35.6 Å². The minimum absolute atomic E-state index is 0.00435. The third-order valence-electron chi connectivity index (χ3n) is 4.37. The molecule has 0 aliphatic carbocycles. The van der Waals surface area contributed by atoms with Crippen LogP contribution in [0.5, 0.6) is 11.5 Å². The fourth-order valence-corrected chi connectivity index (χ4v) is 3.68. The smallest absolute Gasteiger partial charge is 0.312 e. The van der Waals surface area contributed by atoms with Gasteiger partial charge in [-0.1, -0.05) is 56.6 Å². The molecule has 7 heteroatoms. The Labute approximate surface area is 183 Å². The summed E-state index contributed by atoms with van der Waals surface area (Å²) in [5.74, 6) is 0.435. The van der Waals surface area contributed by atoms with Gasteiger partial charge in [-0.05, 0) is 52.9 Å². The summed E-state index contributed by atoms with van der Waals surface area (Å²) in [7, 11) is 0. The summed E-state index contributed by atoms with van der Waals surface area (Å²) in [5, 5.41) is 11.5. The van der Waals surface area contributed by atoms with E-state index < -0.39 is 4.92 Å². The van der Waals surface area contributed by atoms with Crippen LogP contribution in [0.3, 0.4) is 0 Å². The van der Waals surface area contributed by atoms with Crippen molar-refractivity contribution in [1.29, 1.82) is 0 Å². The molecule has 0 spiro atoms. The molecule has 0 saturated carbocycles. The number of hydrogen-bond acceptors (Lipinski definition) is 5. The van der Waals surface area contributed by atoms with Crippen LogP contribution in [-0.4, -0.2) is 10.7 Å². The lowest BCUT2D eigenvalue weighted by Gasteiger charge is -2.19. The molecule has 0 radical (unpaired) electrons. The van der Waals surface area contributed by atoms with Crippen molar-refractivity contribution in [2.75, 3.05) is 0 Å². The van der Waals surface area contributed by atoms with Crippen molar-refractivity contribution in [1.82, 2.24) is 0 Å². The van der Waals surface area contributed by atoms with Crippen molar-refractivity contribution in [3.05, 3.63) is 91.1 Å². The minimum Gasteiger partial charge on any atom is -0.450 e. The van der Waals surface area contributed by atoms with Gasteiger partial charge >= 0.3 is 5.69 Å². The van der Waals surface area contributed by atoms with Gasteiger partial charge in [-0.15, -0.1) is 11.3 Å². The van der Waals surface area contributed by atoms with Crippen LogP contribution in [0.1, 0.15) is 41.6 Å². The molecule has 0 N–H and O–H groups in total. The van der Waals surface area contributed by atoms with E-state index >= 15 is 0 Å². The molecule has 0 aliphatic heterocycles. The first kappa shape index (κ1) is 21.7. The summed E-state index contributed by atoms with van der Waals surface area (Å²) >= 11 is 7.03. The molecule has 0 bridgehead atoms. The summed E-state index contributed by atoms with van der Waals surface area (Å²) in [5.41, 5.74) is 1.49. The maximum absolute atomic E-state index is 12.2. The third-order valence-corrected chi connectivity index (χ3v) is 5.62. The lowest BCUT2D eigenvalue weighted by molar-refractivity contribution is -0.385. The van der Waals surface area contributed by atoms with E-state index in [2.05, 4.69) is 20.8 Å². The molecule has 3 aromatic rings. The lowest BCUT2D eigenvalue weighted by Crippen LogP contribution is -2.10. The highest BCUT2D eigenvalue weighted by Crippen LogP contribution is 2.33. The average Bonchev–Trinajstić information content (AvgIpc) is 3.13. The predicted molar refractivity (Wildman–Crippen MR) is 121 cm³/mol. The minimum atomic E-state index is -0.503. The van der Waals surface area contributed by atoms with Gasteiger partial charge in [0.25, 0.3) is 0 Å². The number of ether oxygens (including phenoxy) is 1. The van der Waals surface area contributed by atoms with Gasteiger partial charge < -0.3 is 4.74 Å². The normalized spacial score (nSPS) is 11.6. The molecule has 1 aromatic heterocycles. The number of nitro groups is 1. The number of halogens is 1. The Morgan fingerprint density at radius 1 is 1.10 bits per heavy atom. The molecular formula is C23H20ClNO4S. The molecule has 0 fully saturated rings. The summed E-state index contributed by atoms with van der Waals surface area (Å²) < 4.78 is 6.27. The number of nitrogens with zero attached hydrogens (tertiary/aromatic N) is 1. The summed E-state index contributed by atoms with van der Waals surface area (Å²) in [6, 6.07) is 15.3. The van der Waals surface area contributed by atoms with Crippen molar-refractivity contribution in [2.24, 2.45) is 0 Å². The van der Waals surface area contributed by atoms with Crippen molar-refractivity contribution in [2.45, 2.75) is 26.2 Å². The molecule has 0 atom stereocenters. The fraction of sp³-hybridized carbons (Fsp3) is 0.174. The van der Waals surface area contributed by atoms with Gasteiger partial charge in [0.2, 0.25) is 5.75 Å². The topological polar surface area (TPSA) is 69.4 Å². The van der Waals surface area contributed by atoms with Crippen LogP contribution < -0.4 is 4.74 Å². The number of carbonyl (C=O) groups is 1. The fourth-order valence-electron chi connectivity index (χ4n) is 2.72. The van der Waals surface area contributed by atoms with Crippen molar-refractivity contribution < 1.29 is 14.5 Å². The zero-order valence-corrected chi connectivity index (χ0v) is 18.3. The Balaban J connectivity index is 1.80. The van der Waals surface area contributed by atoms with Crippen molar-refractivity contribution >= 4 is 40.5 Å². The predicted octanol–water partition coefficient (Wildman–Crippen LogP) is 7.30. The van der Waals surface area contributed by atoms with E-state index in [1.54, 1.807) is 30.3 Å². The summed E-state index contributed by atoms with van der Waals surface area (Å²) in [6.45, 7) is 6.33.